The summed E-state index contributed by atoms with van der Waals surface area (Å²) in [5.74, 6) is 0. The van der Waals surface area contributed by atoms with Gasteiger partial charge in [-0.25, -0.2) is 0 Å². The van der Waals surface area contributed by atoms with Gasteiger partial charge in [0.25, 0.3) is 0 Å². The van der Waals surface area contributed by atoms with Crippen LogP contribution in [0, 0.1) is 0 Å². The third-order valence-electron chi connectivity index (χ3n) is 7.61. The van der Waals surface area contributed by atoms with Gasteiger partial charge in [-0.2, -0.15) is 0 Å². The maximum absolute atomic E-state index is 4.69. The topological polar surface area (TPSA) is 51.6 Å². The van der Waals surface area contributed by atoms with Gasteiger partial charge in [0.1, 0.15) is 0 Å². The van der Waals surface area contributed by atoms with E-state index in [-0.39, 0.29) is 0 Å². The molecular formula is C38H22Br4N4. The summed E-state index contributed by atoms with van der Waals surface area (Å²) in [6, 6.07) is 36.7. The van der Waals surface area contributed by atoms with Crippen molar-refractivity contribution in [2.24, 2.45) is 0 Å². The van der Waals surface area contributed by atoms with Crippen LogP contribution in [0.4, 0.5) is 0 Å². The summed E-state index contributed by atoms with van der Waals surface area (Å²) in [4.78, 5) is 18.7. The second-order valence-corrected chi connectivity index (χ2v) is 13.8. The van der Waals surface area contributed by atoms with Crippen molar-refractivity contribution in [3.05, 3.63) is 152 Å². The number of nitrogens with zero attached hydrogens (tertiary/aromatic N) is 4. The lowest BCUT2D eigenvalue weighted by Gasteiger charge is -2.18. The summed E-state index contributed by atoms with van der Waals surface area (Å²) < 4.78 is 3.80. The number of rotatable bonds is 6. The lowest BCUT2D eigenvalue weighted by Crippen LogP contribution is -1.95. The first-order valence-corrected chi connectivity index (χ1v) is 17.5. The van der Waals surface area contributed by atoms with Crippen LogP contribution in [0.5, 0.6) is 0 Å². The van der Waals surface area contributed by atoms with Gasteiger partial charge in [0.05, 0.1) is 22.8 Å². The van der Waals surface area contributed by atoms with E-state index in [2.05, 4.69) is 120 Å². The zero-order valence-electron chi connectivity index (χ0n) is 24.0. The van der Waals surface area contributed by atoms with Crippen LogP contribution in [0.1, 0.15) is 0 Å². The Kier molecular flexibility index (Phi) is 9.04. The number of pyridine rings is 4. The van der Waals surface area contributed by atoms with Crippen molar-refractivity contribution in [1.82, 2.24) is 19.9 Å². The largest absolute Gasteiger partial charge is 0.256 e. The highest BCUT2D eigenvalue weighted by Gasteiger charge is 2.20. The fraction of sp³-hybridized carbons (Fsp3) is 0. The predicted molar refractivity (Wildman–Crippen MR) is 201 cm³/mol. The number of aromatic nitrogens is 4. The molecule has 0 amide bonds. The number of benzene rings is 3. The molecule has 0 fully saturated rings. The van der Waals surface area contributed by atoms with Crippen LogP contribution in [-0.4, -0.2) is 19.9 Å². The van der Waals surface area contributed by atoms with Crippen LogP contribution >= 0.6 is 63.7 Å². The summed E-state index contributed by atoms with van der Waals surface area (Å²) in [6.07, 6.45) is 7.26. The summed E-state index contributed by atoms with van der Waals surface area (Å²) in [6.45, 7) is 0. The number of hydrogen-bond donors (Lipinski definition) is 0. The average molecular weight is 854 g/mol. The van der Waals surface area contributed by atoms with Gasteiger partial charge in [0.15, 0.2) is 0 Å². The van der Waals surface area contributed by atoms with E-state index in [9.17, 15) is 0 Å². The Morgan fingerprint density at radius 2 is 0.522 bits per heavy atom. The normalized spacial score (nSPS) is 11.0. The molecule has 0 unspecified atom stereocenters. The minimum atomic E-state index is 0.877. The number of hydrogen-bond acceptors (Lipinski definition) is 4. The lowest BCUT2D eigenvalue weighted by molar-refractivity contribution is 1.30. The van der Waals surface area contributed by atoms with Gasteiger partial charge in [-0.05, 0) is 107 Å². The molecule has 0 atom stereocenters. The average Bonchev–Trinajstić information content (AvgIpc) is 3.10. The Balaban J connectivity index is 1.38. The van der Waals surface area contributed by atoms with Gasteiger partial charge in [-0.3, -0.25) is 19.9 Å². The van der Waals surface area contributed by atoms with Crippen LogP contribution in [-0.2, 0) is 0 Å². The van der Waals surface area contributed by atoms with Gasteiger partial charge in [0.2, 0.25) is 0 Å². The molecule has 4 heterocycles. The lowest BCUT2D eigenvalue weighted by atomic mass is 9.92. The highest BCUT2D eigenvalue weighted by Crippen LogP contribution is 2.46. The van der Waals surface area contributed by atoms with Crippen molar-refractivity contribution in [3.63, 3.8) is 0 Å². The first-order chi connectivity index (χ1) is 22.5. The summed E-state index contributed by atoms with van der Waals surface area (Å²) in [7, 11) is 0. The van der Waals surface area contributed by atoms with E-state index in [1.165, 1.54) is 0 Å². The van der Waals surface area contributed by atoms with Crippen LogP contribution in [0.3, 0.4) is 0 Å². The molecule has 0 bridgehead atoms. The minimum absolute atomic E-state index is 0.877. The monoisotopic (exact) mass is 850 g/mol. The van der Waals surface area contributed by atoms with Crippen molar-refractivity contribution < 1.29 is 0 Å². The van der Waals surface area contributed by atoms with Crippen LogP contribution in [0.2, 0.25) is 0 Å². The molecule has 0 saturated heterocycles. The first kappa shape index (κ1) is 30.8. The van der Waals surface area contributed by atoms with E-state index < -0.39 is 0 Å². The Hall–Kier alpha value is -3.82. The van der Waals surface area contributed by atoms with Crippen molar-refractivity contribution >= 4 is 63.7 Å². The molecule has 46 heavy (non-hydrogen) atoms. The van der Waals surface area contributed by atoms with Gasteiger partial charge in [-0.15, -0.1) is 0 Å². The van der Waals surface area contributed by atoms with Crippen molar-refractivity contribution in [1.29, 1.82) is 0 Å². The van der Waals surface area contributed by atoms with E-state index in [1.54, 1.807) is 0 Å². The zero-order chi connectivity index (χ0) is 31.6. The Morgan fingerprint density at radius 3 is 0.783 bits per heavy atom. The van der Waals surface area contributed by atoms with E-state index in [4.69, 9.17) is 0 Å². The van der Waals surface area contributed by atoms with E-state index >= 15 is 0 Å². The summed E-state index contributed by atoms with van der Waals surface area (Å²) in [5, 5.41) is 0. The summed E-state index contributed by atoms with van der Waals surface area (Å²) >= 11 is 15.6. The Morgan fingerprint density at radius 1 is 0.283 bits per heavy atom. The Labute approximate surface area is 300 Å². The molecular weight excluding hydrogens is 832 g/mol. The Bertz CT molecular complexity index is 2020. The quantitative estimate of drug-likeness (QED) is 0.167. The second-order valence-electron chi connectivity index (χ2n) is 10.4. The van der Waals surface area contributed by atoms with Gasteiger partial charge < -0.3 is 0 Å². The maximum atomic E-state index is 4.69. The molecule has 0 N–H and O–H groups in total. The molecule has 0 aliphatic carbocycles. The molecule has 222 valence electrons. The van der Waals surface area contributed by atoms with Crippen LogP contribution < -0.4 is 0 Å². The molecule has 8 heteroatoms. The van der Waals surface area contributed by atoms with Gasteiger partial charge in [-0.1, -0.05) is 88.0 Å². The highest BCUT2D eigenvalue weighted by molar-refractivity contribution is 9.11. The molecule has 4 aromatic heterocycles. The molecule has 0 aliphatic heterocycles. The molecule has 0 radical (unpaired) electrons. The summed E-state index contributed by atoms with van der Waals surface area (Å²) in [5.41, 5.74) is 11.6. The second kappa shape index (κ2) is 13.5. The van der Waals surface area contributed by atoms with Gasteiger partial charge in [0, 0.05) is 64.9 Å². The smallest absolute Gasteiger partial charge is 0.0709 e. The third kappa shape index (κ3) is 6.15. The highest BCUT2D eigenvalue weighted by atomic mass is 79.9. The van der Waals surface area contributed by atoms with Gasteiger partial charge >= 0.3 is 0 Å². The molecule has 0 spiro atoms. The molecule has 4 nitrogen and oxygen atoms in total. The first-order valence-electron chi connectivity index (χ1n) is 14.3. The fourth-order valence-corrected chi connectivity index (χ4v) is 7.68. The standard InChI is InChI=1S/C38H22Br4N4/c39-31-20-26(24-18-28(36-10-2-6-14-44-36)30(22-34(24)42)38-12-4-8-16-46-38)32(40)19-25(31)23-17-27(35-9-1-5-13-43-35)29(21-33(23)41)37-11-3-7-15-45-37/h1-22H. The maximum Gasteiger partial charge on any atom is 0.0709 e. The molecule has 3 aromatic carbocycles. The predicted octanol–water partition coefficient (Wildman–Crippen LogP) is 12.3. The van der Waals surface area contributed by atoms with Crippen molar-refractivity contribution in [2.45, 2.75) is 0 Å². The van der Waals surface area contributed by atoms with Crippen molar-refractivity contribution in [3.8, 4) is 67.3 Å². The molecule has 0 saturated carbocycles. The fourth-order valence-electron chi connectivity index (χ4n) is 5.45. The SMILES string of the molecule is Brc1cc(-c2cc(-c3ccccn3)c(-c3ccccn3)cc2Br)c(Br)cc1-c1cc(-c2ccccn2)c(-c2ccccn2)cc1Br. The van der Waals surface area contributed by atoms with Crippen molar-refractivity contribution in [2.75, 3.05) is 0 Å². The van der Waals surface area contributed by atoms with E-state index in [0.717, 1.165) is 85.2 Å². The minimum Gasteiger partial charge on any atom is -0.256 e. The molecule has 7 rings (SSSR count). The third-order valence-corrected chi connectivity index (χ3v) is 10.2. The van der Waals surface area contributed by atoms with E-state index in [0.29, 0.717) is 0 Å². The van der Waals surface area contributed by atoms with Crippen LogP contribution in [0.25, 0.3) is 67.3 Å². The zero-order valence-corrected chi connectivity index (χ0v) is 30.3. The molecule has 0 aliphatic rings. The number of halogens is 4. The molecule has 7 aromatic rings. The van der Waals surface area contributed by atoms with Crippen LogP contribution in [0.15, 0.2) is 152 Å². The van der Waals surface area contributed by atoms with E-state index in [1.807, 2.05) is 97.6 Å².